The summed E-state index contributed by atoms with van der Waals surface area (Å²) >= 11 is 0. The van der Waals surface area contributed by atoms with E-state index in [9.17, 15) is 9.18 Å². The molecule has 3 aromatic heterocycles. The van der Waals surface area contributed by atoms with Gasteiger partial charge in [-0.3, -0.25) is 9.63 Å². The third kappa shape index (κ3) is 3.58. The van der Waals surface area contributed by atoms with Crippen LogP contribution in [0, 0.1) is 5.82 Å². The Morgan fingerprint density at radius 2 is 2.21 bits per heavy atom. The average molecular weight is 398 g/mol. The summed E-state index contributed by atoms with van der Waals surface area (Å²) < 4.78 is 20.1. The lowest BCUT2D eigenvalue weighted by Crippen LogP contribution is -2.41. The van der Waals surface area contributed by atoms with E-state index in [4.69, 9.17) is 9.57 Å². The van der Waals surface area contributed by atoms with Crippen LogP contribution in [0.15, 0.2) is 36.8 Å². The van der Waals surface area contributed by atoms with Crippen LogP contribution in [-0.2, 0) is 4.84 Å². The Morgan fingerprint density at radius 3 is 2.93 bits per heavy atom. The van der Waals surface area contributed by atoms with E-state index in [1.165, 1.54) is 18.3 Å². The van der Waals surface area contributed by atoms with E-state index in [0.29, 0.717) is 29.5 Å². The first-order valence-electron chi connectivity index (χ1n) is 9.44. The van der Waals surface area contributed by atoms with Gasteiger partial charge in [0.2, 0.25) is 5.88 Å². The zero-order chi connectivity index (χ0) is 19.8. The smallest absolute Gasteiger partial charge is 0.257 e. The highest BCUT2D eigenvalue weighted by molar-refractivity contribution is 6.00. The summed E-state index contributed by atoms with van der Waals surface area (Å²) in [4.78, 5) is 26.9. The lowest BCUT2D eigenvalue weighted by atomic mass is 10.2. The Labute approximate surface area is 165 Å². The van der Waals surface area contributed by atoms with Crippen molar-refractivity contribution in [1.82, 2.24) is 24.9 Å². The maximum Gasteiger partial charge on any atom is 0.257 e. The number of nitrogens with zero attached hydrogens (tertiary/aromatic N) is 5. The first-order chi connectivity index (χ1) is 14.1. The molecule has 1 aliphatic heterocycles. The van der Waals surface area contributed by atoms with E-state index < -0.39 is 11.4 Å². The molecule has 0 atom stereocenters. The number of amides is 1. The predicted octanol–water partition coefficient (Wildman–Crippen LogP) is 1.75. The van der Waals surface area contributed by atoms with Gasteiger partial charge >= 0.3 is 0 Å². The molecule has 3 aromatic rings. The molecule has 0 spiro atoms. The number of hydroxylamine groups is 1. The molecule has 1 amide bonds. The number of carbonyl (C=O) groups is 1. The minimum absolute atomic E-state index is 0.261. The largest absolute Gasteiger partial charge is 0.475 e. The number of anilines is 1. The van der Waals surface area contributed by atoms with Crippen molar-refractivity contribution in [2.45, 2.75) is 24.8 Å². The molecule has 2 fully saturated rings. The van der Waals surface area contributed by atoms with Gasteiger partial charge in [-0.2, -0.15) is 5.10 Å². The summed E-state index contributed by atoms with van der Waals surface area (Å²) in [6.07, 6.45) is 6.88. The van der Waals surface area contributed by atoms with Crippen molar-refractivity contribution in [3.05, 3.63) is 48.2 Å². The molecule has 0 radical (unpaired) electrons. The summed E-state index contributed by atoms with van der Waals surface area (Å²) in [5.74, 6) is 0.280. The molecule has 0 aromatic carbocycles. The second-order valence-electron chi connectivity index (χ2n) is 7.24. The van der Waals surface area contributed by atoms with Crippen molar-refractivity contribution in [2.75, 3.05) is 24.8 Å². The summed E-state index contributed by atoms with van der Waals surface area (Å²) in [5.41, 5.74) is 0.390. The third-order valence-electron chi connectivity index (χ3n) is 5.04. The summed E-state index contributed by atoms with van der Waals surface area (Å²) in [7, 11) is 0. The second-order valence-corrected chi connectivity index (χ2v) is 7.24. The molecular formula is C19H19FN6O3. The molecule has 4 heterocycles. The van der Waals surface area contributed by atoms with Crippen LogP contribution in [0.3, 0.4) is 0 Å². The molecule has 0 unspecified atom stereocenters. The second kappa shape index (κ2) is 6.96. The van der Waals surface area contributed by atoms with Crippen LogP contribution in [0.2, 0.25) is 0 Å². The van der Waals surface area contributed by atoms with Crippen LogP contribution in [0.4, 0.5) is 10.2 Å². The minimum Gasteiger partial charge on any atom is -0.475 e. The molecule has 1 saturated heterocycles. The lowest BCUT2D eigenvalue weighted by molar-refractivity contribution is 0.0913. The maximum absolute atomic E-state index is 13.0. The molecule has 1 N–H and O–H groups in total. The van der Waals surface area contributed by atoms with E-state index >= 15 is 0 Å². The number of carbonyl (C=O) groups excluding carboxylic acids is 1. The number of halogens is 1. The van der Waals surface area contributed by atoms with Crippen LogP contribution in [0.25, 0.3) is 5.65 Å². The number of nitrogens with one attached hydrogen (secondary N) is 1. The molecule has 29 heavy (non-hydrogen) atoms. The topological polar surface area (TPSA) is 93.9 Å². The normalized spacial score (nSPS) is 17.5. The van der Waals surface area contributed by atoms with E-state index in [1.54, 1.807) is 21.8 Å². The number of pyridine rings is 1. The number of aromatic nitrogens is 4. The van der Waals surface area contributed by atoms with Gasteiger partial charge in [0.25, 0.3) is 5.91 Å². The molecule has 2 aliphatic rings. The van der Waals surface area contributed by atoms with Crippen molar-refractivity contribution in [3.8, 4) is 5.88 Å². The van der Waals surface area contributed by atoms with Crippen molar-refractivity contribution in [1.29, 1.82) is 0 Å². The van der Waals surface area contributed by atoms with Gasteiger partial charge in [-0.1, -0.05) is 0 Å². The Kier molecular flexibility index (Phi) is 4.27. The number of ether oxygens (including phenoxy) is 1. The van der Waals surface area contributed by atoms with Crippen LogP contribution in [0.5, 0.6) is 5.88 Å². The summed E-state index contributed by atoms with van der Waals surface area (Å²) in [5, 5.41) is 8.97. The number of rotatable bonds is 6. The van der Waals surface area contributed by atoms with Crippen LogP contribution in [-0.4, -0.2) is 50.8 Å². The van der Waals surface area contributed by atoms with Gasteiger partial charge in [-0.05, 0) is 25.3 Å². The van der Waals surface area contributed by atoms with E-state index in [-0.39, 0.29) is 12.5 Å². The van der Waals surface area contributed by atoms with Crippen LogP contribution in [0.1, 0.15) is 29.6 Å². The van der Waals surface area contributed by atoms with Crippen LogP contribution < -0.4 is 15.1 Å². The highest BCUT2D eigenvalue weighted by atomic mass is 19.1. The number of hydrogen-bond donors (Lipinski definition) is 1. The zero-order valence-electron chi connectivity index (χ0n) is 15.5. The zero-order valence-corrected chi connectivity index (χ0v) is 15.5. The van der Waals surface area contributed by atoms with Gasteiger partial charge in [0.15, 0.2) is 11.5 Å². The molecule has 150 valence electrons. The summed E-state index contributed by atoms with van der Waals surface area (Å²) in [6.45, 7) is 1.68. The Bertz CT molecular complexity index is 1040. The van der Waals surface area contributed by atoms with Gasteiger partial charge in [0.05, 0.1) is 24.5 Å². The molecule has 1 aliphatic carbocycles. The van der Waals surface area contributed by atoms with Gasteiger partial charge in [-0.15, -0.1) is 0 Å². The molecule has 5 rings (SSSR count). The van der Waals surface area contributed by atoms with Gasteiger partial charge in [0, 0.05) is 24.9 Å². The summed E-state index contributed by atoms with van der Waals surface area (Å²) in [6, 6.07) is 4.55. The number of hydrogen-bond acceptors (Lipinski definition) is 7. The van der Waals surface area contributed by atoms with Crippen LogP contribution >= 0.6 is 0 Å². The monoisotopic (exact) mass is 398 g/mol. The van der Waals surface area contributed by atoms with Gasteiger partial charge in [0.1, 0.15) is 18.0 Å². The molecular weight excluding hydrogens is 379 g/mol. The first kappa shape index (κ1) is 17.8. The molecule has 0 bridgehead atoms. The Hall–Kier alpha value is -3.27. The first-order valence-corrected chi connectivity index (χ1v) is 9.44. The van der Waals surface area contributed by atoms with Crippen molar-refractivity contribution in [3.63, 3.8) is 0 Å². The van der Waals surface area contributed by atoms with Gasteiger partial charge in [-0.25, -0.2) is 23.9 Å². The van der Waals surface area contributed by atoms with Crippen molar-refractivity contribution < 1.29 is 18.8 Å². The standard InChI is InChI=1S/C19H19FN6O3/c20-13-2-3-16(21-10-13)28-12-19(5-6-19)24-18(27)14-11-22-25-8-4-15(23-17(14)25)26-7-1-9-29-26/h2-4,8,10-11H,1,5-7,9,12H2,(H,24,27). The van der Waals surface area contributed by atoms with E-state index in [1.807, 2.05) is 0 Å². The highest BCUT2D eigenvalue weighted by Gasteiger charge is 2.45. The molecule has 10 heteroatoms. The predicted molar refractivity (Wildman–Crippen MR) is 100 cm³/mol. The third-order valence-corrected chi connectivity index (χ3v) is 5.04. The Morgan fingerprint density at radius 1 is 1.31 bits per heavy atom. The average Bonchev–Trinajstić information content (AvgIpc) is 3.13. The van der Waals surface area contributed by atoms with Crippen molar-refractivity contribution >= 4 is 17.4 Å². The molecule has 1 saturated carbocycles. The minimum atomic E-state index is -0.461. The fraction of sp³-hybridized carbons (Fsp3) is 0.368. The van der Waals surface area contributed by atoms with E-state index in [0.717, 1.165) is 32.0 Å². The fourth-order valence-corrected chi connectivity index (χ4v) is 3.21. The molecule has 9 nitrogen and oxygen atoms in total. The maximum atomic E-state index is 13.0. The fourth-order valence-electron chi connectivity index (χ4n) is 3.21. The quantitative estimate of drug-likeness (QED) is 0.676. The van der Waals surface area contributed by atoms with E-state index in [2.05, 4.69) is 20.4 Å². The van der Waals surface area contributed by atoms with Crippen molar-refractivity contribution in [2.24, 2.45) is 0 Å². The number of fused-ring (bicyclic) bond motifs is 1. The highest BCUT2D eigenvalue weighted by Crippen LogP contribution is 2.36. The SMILES string of the molecule is O=C(NC1(COc2ccc(F)cn2)CC1)c1cnn2ccc(N3CCCO3)nc12. The lowest BCUT2D eigenvalue weighted by Gasteiger charge is -2.18. The Balaban J connectivity index is 1.30. The van der Waals surface area contributed by atoms with Gasteiger partial charge < -0.3 is 10.1 Å².